The highest BCUT2D eigenvalue weighted by Gasteiger charge is 2.19. The van der Waals surface area contributed by atoms with Crippen LogP contribution >= 0.6 is 0 Å². The maximum absolute atomic E-state index is 9.91. The minimum Gasteiger partial charge on any atom is -0.456 e. The molecular weight excluding hydrogens is 569 g/mol. The summed E-state index contributed by atoms with van der Waals surface area (Å²) in [6, 6.07) is -26.1. The van der Waals surface area contributed by atoms with Crippen LogP contribution in [0.15, 0.2) is 174 Å². The molecule has 0 saturated carbocycles. The first-order valence-corrected chi connectivity index (χ1v) is 13.9. The SMILES string of the molecule is [2H]c1c([2H])c(-c2c([2H])c([2H])c([2H])c3c([2H])c([2H])c([2H])c([2H])c23)c([2H])c(-c2c3c([2H])c([2H])c([2H])c([2H])c3c(-c3c([2H])c([2H])c4oc5c([2H])c([2H])c6c([2H])c([2H])c([2H])c([2H])c6c5c4c3[2H])c3c([2H])c([2H])c([2H])c([2H])c23)c1[2H]. The maximum Gasteiger partial charge on any atom is 0.136 e. The monoisotopic (exact) mass is 624 g/mol. The van der Waals surface area contributed by atoms with Crippen molar-refractivity contribution in [3.63, 3.8) is 0 Å². The van der Waals surface area contributed by atoms with Gasteiger partial charge < -0.3 is 4.42 Å². The molecule has 0 amide bonds. The molecule has 0 aliphatic heterocycles. The van der Waals surface area contributed by atoms with Crippen LogP contribution in [0.4, 0.5) is 0 Å². The summed E-state index contributed by atoms with van der Waals surface area (Å²) in [4.78, 5) is 0. The van der Waals surface area contributed by atoms with Gasteiger partial charge in [0.1, 0.15) is 11.2 Å². The topological polar surface area (TPSA) is 13.1 Å². The van der Waals surface area contributed by atoms with Gasteiger partial charge in [-0.3, -0.25) is 0 Å². The molecule has 0 fully saturated rings. The van der Waals surface area contributed by atoms with E-state index in [9.17, 15) is 12.3 Å². The van der Waals surface area contributed by atoms with Crippen molar-refractivity contribution in [2.24, 2.45) is 0 Å². The zero-order chi connectivity index (χ0) is 55.3. The Morgan fingerprint density at radius 2 is 0.851 bits per heavy atom. The second-order valence-electron chi connectivity index (χ2n) is 10.3. The van der Waals surface area contributed by atoms with Crippen LogP contribution in [0.25, 0.3) is 98.4 Å². The van der Waals surface area contributed by atoms with Gasteiger partial charge in [0.25, 0.3) is 0 Å². The van der Waals surface area contributed by atoms with Gasteiger partial charge in [0.05, 0.1) is 38.4 Å². The average Bonchev–Trinajstić information content (AvgIpc) is 3.79. The molecule has 0 aliphatic carbocycles. The summed E-state index contributed by atoms with van der Waals surface area (Å²) < 4.78 is 258. The molecule has 47 heavy (non-hydrogen) atoms. The summed E-state index contributed by atoms with van der Waals surface area (Å²) in [5, 5.41) is -6.23. The highest BCUT2D eigenvalue weighted by molar-refractivity contribution is 6.24. The molecule has 0 bridgehead atoms. The van der Waals surface area contributed by atoms with Gasteiger partial charge in [0, 0.05) is 10.8 Å². The van der Waals surface area contributed by atoms with Crippen LogP contribution < -0.4 is 0 Å². The molecule has 1 aromatic heterocycles. The van der Waals surface area contributed by atoms with E-state index in [1.165, 1.54) is 0 Å². The maximum atomic E-state index is 9.91. The van der Waals surface area contributed by atoms with Crippen LogP contribution in [-0.2, 0) is 0 Å². The van der Waals surface area contributed by atoms with E-state index in [2.05, 4.69) is 0 Å². The lowest BCUT2D eigenvalue weighted by Crippen LogP contribution is -1.91. The molecule has 0 unspecified atom stereocenters. The van der Waals surface area contributed by atoms with E-state index in [4.69, 9.17) is 30.5 Å². The van der Waals surface area contributed by atoms with Gasteiger partial charge >= 0.3 is 0 Å². The van der Waals surface area contributed by atoms with Gasteiger partial charge in [-0.15, -0.1) is 0 Å². The lowest BCUT2D eigenvalue weighted by Gasteiger charge is -2.18. The van der Waals surface area contributed by atoms with Crippen LogP contribution in [0.3, 0.4) is 0 Å². The Morgan fingerprint density at radius 3 is 1.55 bits per heavy atom. The molecule has 0 N–H and O–H groups in total. The van der Waals surface area contributed by atoms with Crippen molar-refractivity contribution in [1.29, 1.82) is 0 Å². The minimum atomic E-state index is -1.09. The predicted molar refractivity (Wildman–Crippen MR) is 200 cm³/mol. The molecule has 1 heteroatoms. The fraction of sp³-hybridized carbons (Fsp3) is 0. The highest BCUT2D eigenvalue weighted by Crippen LogP contribution is 2.46. The number of hydrogen-bond acceptors (Lipinski definition) is 1. The largest absolute Gasteiger partial charge is 0.456 e. The van der Waals surface area contributed by atoms with Gasteiger partial charge in [0.2, 0.25) is 0 Å². The highest BCUT2D eigenvalue weighted by atomic mass is 16.3. The zero-order valence-electron chi connectivity index (χ0n) is 51.4. The van der Waals surface area contributed by atoms with Crippen LogP contribution in [0.1, 0.15) is 38.4 Å². The Hall–Kier alpha value is -6.18. The van der Waals surface area contributed by atoms with Crippen molar-refractivity contribution in [2.45, 2.75) is 0 Å². The standard InChI is InChI=1S/C46H28O/c1-3-16-34-29(11-1)13-10-22-35(34)31-14-9-15-32(27-31)44-37-18-5-7-20-39(37)45(40-21-8-6-19-38(40)44)33-24-25-42-41(28-33)46-36-17-4-2-12-30(36)23-26-43(46)47-42/h1-28H/i1D,2D,3D,4D,5D,6D,7D,8D,9D,10D,11D,12D,13D,14D,15D,16D,17D,18D,19D,20D,21D,22D,23D,24D,25D,26D,27D,28D. The molecule has 1 heterocycles. The number of rotatable bonds is 3. The summed E-state index contributed by atoms with van der Waals surface area (Å²) in [5.74, 6) is 0. The van der Waals surface area contributed by atoms with E-state index >= 15 is 0 Å². The van der Waals surface area contributed by atoms with E-state index < -0.39 is 268 Å². The molecule has 218 valence electrons. The second-order valence-corrected chi connectivity index (χ2v) is 10.3. The van der Waals surface area contributed by atoms with Crippen LogP contribution in [-0.4, -0.2) is 0 Å². The molecule has 1 nitrogen and oxygen atoms in total. The Bertz CT molecular complexity index is 4350. The average molecular weight is 625 g/mol. The van der Waals surface area contributed by atoms with Gasteiger partial charge in [-0.2, -0.15) is 0 Å². The first-order valence-electron chi connectivity index (χ1n) is 27.9. The van der Waals surface area contributed by atoms with E-state index in [0.717, 1.165) is 0 Å². The fourth-order valence-corrected chi connectivity index (χ4v) is 5.80. The summed E-state index contributed by atoms with van der Waals surface area (Å²) in [6.45, 7) is 0. The Labute approximate surface area is 311 Å². The summed E-state index contributed by atoms with van der Waals surface area (Å²) in [7, 11) is 0. The van der Waals surface area contributed by atoms with Crippen molar-refractivity contribution < 1.29 is 42.8 Å². The second kappa shape index (κ2) is 10.2. The number of benzene rings is 9. The number of fused-ring (bicyclic) bond motifs is 8. The van der Waals surface area contributed by atoms with Crippen molar-refractivity contribution >= 4 is 65.0 Å². The quantitative estimate of drug-likeness (QED) is 0.178. The molecule has 0 spiro atoms. The Morgan fingerprint density at radius 1 is 0.340 bits per heavy atom. The van der Waals surface area contributed by atoms with E-state index in [1.807, 2.05) is 0 Å². The lowest BCUT2D eigenvalue weighted by molar-refractivity contribution is 0.669. The predicted octanol–water partition coefficient (Wildman–Crippen LogP) is 13.2. The number of furan rings is 1. The van der Waals surface area contributed by atoms with Crippen LogP contribution in [0.5, 0.6) is 0 Å². The van der Waals surface area contributed by atoms with E-state index in [0.29, 0.717) is 0 Å². The minimum absolute atomic E-state index is 0.411. The molecule has 10 rings (SSSR count). The van der Waals surface area contributed by atoms with Gasteiger partial charge in [-0.1, -0.05) is 145 Å². The zero-order valence-corrected chi connectivity index (χ0v) is 23.4. The van der Waals surface area contributed by atoms with Crippen molar-refractivity contribution in [3.05, 3.63) is 169 Å². The smallest absolute Gasteiger partial charge is 0.136 e. The van der Waals surface area contributed by atoms with Gasteiger partial charge in [0.15, 0.2) is 0 Å². The molecule has 0 atom stereocenters. The first kappa shape index (κ1) is 10.7. The van der Waals surface area contributed by atoms with Crippen LogP contribution in [0, 0.1) is 0 Å². The Balaban J connectivity index is 1.51. The normalized spacial score (nSPS) is 20.2. The Kier molecular flexibility index (Phi) is 2.31. The third kappa shape index (κ3) is 3.97. The third-order valence-electron chi connectivity index (χ3n) is 7.76. The molecule has 10 aromatic rings. The van der Waals surface area contributed by atoms with Gasteiger partial charge in [-0.25, -0.2) is 0 Å². The summed E-state index contributed by atoms with van der Waals surface area (Å²) in [5.41, 5.74) is -6.02. The van der Waals surface area contributed by atoms with E-state index in [-0.39, 0.29) is 0 Å². The van der Waals surface area contributed by atoms with Gasteiger partial charge in [-0.05, 0) is 101 Å². The summed E-state index contributed by atoms with van der Waals surface area (Å²) in [6.07, 6.45) is 0. The van der Waals surface area contributed by atoms with Crippen LogP contribution in [0.2, 0.25) is 0 Å². The van der Waals surface area contributed by atoms with Crippen molar-refractivity contribution in [1.82, 2.24) is 0 Å². The fourth-order valence-electron chi connectivity index (χ4n) is 5.80. The number of hydrogen-bond donors (Lipinski definition) is 0. The molecule has 9 aromatic carbocycles. The van der Waals surface area contributed by atoms with Crippen molar-refractivity contribution in [3.8, 4) is 33.4 Å². The summed E-state index contributed by atoms with van der Waals surface area (Å²) >= 11 is 0. The lowest BCUT2D eigenvalue weighted by atomic mass is 9.85. The van der Waals surface area contributed by atoms with Crippen molar-refractivity contribution in [2.75, 3.05) is 0 Å². The molecule has 0 radical (unpaired) electrons. The third-order valence-corrected chi connectivity index (χ3v) is 7.76. The molecular formula is C46H28O. The molecule has 0 saturated heterocycles. The van der Waals surface area contributed by atoms with E-state index in [1.54, 1.807) is 0 Å². The first-order chi connectivity index (χ1) is 35.0. The molecule has 0 aliphatic rings.